The number of carbonyl (C=O) groups excluding carboxylic acids is 1. The van der Waals surface area contributed by atoms with E-state index >= 15 is 0 Å². The topological polar surface area (TPSA) is 35.5 Å². The molecule has 1 heterocycles. The maximum atomic E-state index is 12.4. The fraction of sp³-hybridized carbons (Fsp3) is 0.471. The van der Waals surface area contributed by atoms with E-state index in [1.54, 1.807) is 6.07 Å². The Balaban J connectivity index is 1.86. The van der Waals surface area contributed by atoms with Gasteiger partial charge >= 0.3 is 0 Å². The van der Waals surface area contributed by atoms with Crippen molar-refractivity contribution in [2.24, 2.45) is 0 Å². The van der Waals surface area contributed by atoms with Gasteiger partial charge in [-0.2, -0.15) is 0 Å². The molecule has 0 aromatic heterocycles. The van der Waals surface area contributed by atoms with Gasteiger partial charge in [-0.1, -0.05) is 12.3 Å². The molecule has 1 aliphatic carbocycles. The number of Topliss-reactive ketones (excluding diaryl/α,β-unsaturated/α-hetero) is 1. The average molecular weight is 270 g/mol. The molecule has 0 amide bonds. The van der Waals surface area contributed by atoms with E-state index in [1.165, 1.54) is 6.42 Å². The third-order valence-electron chi connectivity index (χ3n) is 4.15. The van der Waals surface area contributed by atoms with Crippen molar-refractivity contribution in [2.75, 3.05) is 6.61 Å². The molecule has 0 bridgehead atoms. The van der Waals surface area contributed by atoms with Crippen LogP contribution in [0, 0.1) is 12.3 Å². The Kier molecular flexibility index (Phi) is 3.40. The van der Waals surface area contributed by atoms with Gasteiger partial charge in [0.2, 0.25) is 0 Å². The van der Waals surface area contributed by atoms with Crippen LogP contribution in [0.15, 0.2) is 18.2 Å². The second kappa shape index (κ2) is 5.20. The van der Waals surface area contributed by atoms with Gasteiger partial charge < -0.3 is 9.47 Å². The lowest BCUT2D eigenvalue weighted by Gasteiger charge is -2.40. The van der Waals surface area contributed by atoms with Crippen molar-refractivity contribution in [3.05, 3.63) is 23.8 Å². The quantitative estimate of drug-likeness (QED) is 0.773. The molecular weight excluding hydrogens is 252 g/mol. The zero-order chi connectivity index (χ0) is 14.0. The van der Waals surface area contributed by atoms with Crippen molar-refractivity contribution in [3.63, 3.8) is 0 Å². The monoisotopic (exact) mass is 270 g/mol. The van der Waals surface area contributed by atoms with Crippen LogP contribution in [0.25, 0.3) is 0 Å². The van der Waals surface area contributed by atoms with Gasteiger partial charge in [-0.15, -0.1) is 6.42 Å². The van der Waals surface area contributed by atoms with Crippen molar-refractivity contribution < 1.29 is 14.3 Å². The van der Waals surface area contributed by atoms with Crippen molar-refractivity contribution in [3.8, 4) is 23.8 Å². The molecule has 0 unspecified atom stereocenters. The number of carbonyl (C=O) groups is 1. The Morgan fingerprint density at radius 1 is 1.30 bits per heavy atom. The number of terminal acetylenes is 1. The van der Waals surface area contributed by atoms with Gasteiger partial charge in [-0.25, -0.2) is 0 Å². The van der Waals surface area contributed by atoms with Crippen LogP contribution < -0.4 is 9.47 Å². The van der Waals surface area contributed by atoms with E-state index in [4.69, 9.17) is 15.9 Å². The second-order valence-electron chi connectivity index (χ2n) is 5.60. The maximum absolute atomic E-state index is 12.4. The van der Waals surface area contributed by atoms with E-state index < -0.39 is 0 Å². The van der Waals surface area contributed by atoms with Gasteiger partial charge in [0.1, 0.15) is 23.7 Å². The minimum Gasteiger partial charge on any atom is -0.486 e. The van der Waals surface area contributed by atoms with Crippen molar-refractivity contribution >= 4 is 5.78 Å². The number of hydrogen-bond donors (Lipinski definition) is 0. The smallest absolute Gasteiger partial charge is 0.170 e. The summed E-state index contributed by atoms with van der Waals surface area (Å²) in [7, 11) is 0. The zero-order valence-corrected chi connectivity index (χ0v) is 11.5. The van der Waals surface area contributed by atoms with E-state index in [-0.39, 0.29) is 18.0 Å². The average Bonchev–Trinajstić information content (AvgIpc) is 2.46. The standard InChI is InChI=1S/C17H18O3/c1-2-10-19-13-6-7-16-14(11-13)15(18)12-17(20-16)8-4-3-5-9-17/h1,6-7,11H,3-5,8-10,12H2. The second-order valence-corrected chi connectivity index (χ2v) is 5.60. The first-order valence-corrected chi connectivity index (χ1v) is 7.15. The molecule has 3 heteroatoms. The third-order valence-corrected chi connectivity index (χ3v) is 4.15. The van der Waals surface area contributed by atoms with Crippen LogP contribution in [0.4, 0.5) is 0 Å². The molecular formula is C17H18O3. The molecule has 20 heavy (non-hydrogen) atoms. The Bertz CT molecular complexity index is 562. The van der Waals surface area contributed by atoms with Crippen LogP contribution in [0.1, 0.15) is 48.9 Å². The highest BCUT2D eigenvalue weighted by Gasteiger charge is 2.41. The van der Waals surface area contributed by atoms with E-state index in [2.05, 4.69) is 5.92 Å². The molecule has 1 fully saturated rings. The molecule has 2 aliphatic rings. The number of hydrogen-bond acceptors (Lipinski definition) is 3. The summed E-state index contributed by atoms with van der Waals surface area (Å²) in [4.78, 5) is 12.4. The molecule has 1 saturated carbocycles. The molecule has 0 N–H and O–H groups in total. The van der Waals surface area contributed by atoms with Gasteiger partial charge in [0.15, 0.2) is 5.78 Å². The van der Waals surface area contributed by atoms with Gasteiger partial charge in [-0.05, 0) is 43.9 Å². The Morgan fingerprint density at radius 3 is 2.85 bits per heavy atom. The van der Waals surface area contributed by atoms with E-state index in [9.17, 15) is 4.79 Å². The van der Waals surface area contributed by atoms with Gasteiger partial charge in [-0.3, -0.25) is 4.79 Å². The van der Waals surface area contributed by atoms with E-state index in [1.807, 2.05) is 12.1 Å². The largest absolute Gasteiger partial charge is 0.486 e. The first-order valence-electron chi connectivity index (χ1n) is 7.15. The fourth-order valence-corrected chi connectivity index (χ4v) is 3.16. The van der Waals surface area contributed by atoms with Gasteiger partial charge in [0.25, 0.3) is 0 Å². The number of ether oxygens (including phenoxy) is 2. The summed E-state index contributed by atoms with van der Waals surface area (Å²) in [6.45, 7) is 0.206. The summed E-state index contributed by atoms with van der Waals surface area (Å²) in [6, 6.07) is 5.38. The van der Waals surface area contributed by atoms with E-state index in [0.717, 1.165) is 25.7 Å². The van der Waals surface area contributed by atoms with Gasteiger partial charge in [0.05, 0.1) is 12.0 Å². The molecule has 1 spiro atoms. The summed E-state index contributed by atoms with van der Waals surface area (Å²) >= 11 is 0. The highest BCUT2D eigenvalue weighted by molar-refractivity contribution is 6.00. The molecule has 104 valence electrons. The lowest BCUT2D eigenvalue weighted by molar-refractivity contribution is 0.0135. The first-order chi connectivity index (χ1) is 9.72. The lowest BCUT2D eigenvalue weighted by Crippen LogP contribution is -2.43. The number of ketones is 1. The Morgan fingerprint density at radius 2 is 2.10 bits per heavy atom. The number of rotatable bonds is 2. The lowest BCUT2D eigenvalue weighted by atomic mass is 9.78. The molecule has 3 nitrogen and oxygen atoms in total. The molecule has 1 aromatic rings. The zero-order valence-electron chi connectivity index (χ0n) is 11.5. The maximum Gasteiger partial charge on any atom is 0.170 e. The molecule has 1 aromatic carbocycles. The van der Waals surface area contributed by atoms with Crippen LogP contribution in [-0.4, -0.2) is 18.0 Å². The highest BCUT2D eigenvalue weighted by atomic mass is 16.5. The molecule has 0 atom stereocenters. The third kappa shape index (κ3) is 2.38. The fourth-order valence-electron chi connectivity index (χ4n) is 3.16. The predicted octanol–water partition coefficient (Wildman–Crippen LogP) is 3.37. The Labute approximate surface area is 119 Å². The molecule has 0 saturated heterocycles. The minimum absolute atomic E-state index is 0.152. The SMILES string of the molecule is C#CCOc1ccc2c(c1)C(=O)CC1(CCCCC1)O2. The van der Waals surface area contributed by atoms with Crippen molar-refractivity contribution in [1.29, 1.82) is 0 Å². The van der Waals surface area contributed by atoms with Crippen molar-refractivity contribution in [2.45, 2.75) is 44.1 Å². The van der Waals surface area contributed by atoms with Crippen LogP contribution in [-0.2, 0) is 0 Å². The Hall–Kier alpha value is -1.95. The molecule has 3 rings (SSSR count). The summed E-state index contributed by atoms with van der Waals surface area (Å²) in [6.07, 6.45) is 11.1. The van der Waals surface area contributed by atoms with Gasteiger partial charge in [0, 0.05) is 0 Å². The van der Waals surface area contributed by atoms with Crippen molar-refractivity contribution in [1.82, 2.24) is 0 Å². The minimum atomic E-state index is -0.260. The summed E-state index contributed by atoms with van der Waals surface area (Å²) in [5.74, 6) is 3.88. The number of fused-ring (bicyclic) bond motifs is 1. The van der Waals surface area contributed by atoms with Crippen LogP contribution in [0.3, 0.4) is 0 Å². The van der Waals surface area contributed by atoms with Crippen LogP contribution in [0.5, 0.6) is 11.5 Å². The normalized spacial score (nSPS) is 19.9. The number of benzene rings is 1. The molecule has 0 radical (unpaired) electrons. The highest BCUT2D eigenvalue weighted by Crippen LogP contribution is 2.42. The summed E-state index contributed by atoms with van der Waals surface area (Å²) in [5, 5.41) is 0. The predicted molar refractivity (Wildman–Crippen MR) is 76.2 cm³/mol. The van der Waals surface area contributed by atoms with Crippen LogP contribution >= 0.6 is 0 Å². The summed E-state index contributed by atoms with van der Waals surface area (Å²) in [5.41, 5.74) is 0.361. The van der Waals surface area contributed by atoms with Crippen LogP contribution in [0.2, 0.25) is 0 Å². The van der Waals surface area contributed by atoms with E-state index in [0.29, 0.717) is 23.5 Å². The molecule has 1 aliphatic heterocycles. The summed E-state index contributed by atoms with van der Waals surface area (Å²) < 4.78 is 11.5. The first kappa shape index (κ1) is 13.1.